The highest BCUT2D eigenvalue weighted by atomic mass is 19.1. The minimum atomic E-state index is -1.86. The van der Waals surface area contributed by atoms with Crippen molar-refractivity contribution in [1.29, 1.82) is 0 Å². The first-order valence-electron chi connectivity index (χ1n) is 10.3. The lowest BCUT2D eigenvalue weighted by Gasteiger charge is -2.10. The van der Waals surface area contributed by atoms with Crippen LogP contribution in [0.1, 0.15) is 8.30 Å². The number of carbonyl (C=O) groups is 1. The molecule has 0 aliphatic heterocycles. The number of amides is 2. The highest BCUT2D eigenvalue weighted by Gasteiger charge is 2.11. The SMILES string of the molecule is [2H]C([2H])(c1ccnc2[nH]ccc12)n1ccc2c(NC(=O)Nc3ccc(F)cc3)cccc21. The number of hydrogen-bond donors (Lipinski definition) is 3. The van der Waals surface area contributed by atoms with Crippen molar-refractivity contribution >= 4 is 39.3 Å². The molecule has 3 aromatic heterocycles. The molecular weight excluding hydrogens is 381 g/mol. The molecule has 6 nitrogen and oxygen atoms in total. The summed E-state index contributed by atoms with van der Waals surface area (Å²) >= 11 is 0. The van der Waals surface area contributed by atoms with Crippen LogP contribution in [-0.4, -0.2) is 20.6 Å². The van der Waals surface area contributed by atoms with Crippen LogP contribution in [-0.2, 0) is 6.50 Å². The number of nitrogens with zero attached hydrogens (tertiary/aromatic N) is 2. The van der Waals surface area contributed by atoms with Crippen LogP contribution in [0, 0.1) is 5.82 Å². The number of rotatable bonds is 4. The molecule has 0 unspecified atom stereocenters. The molecule has 2 amide bonds. The molecule has 0 radical (unpaired) electrons. The van der Waals surface area contributed by atoms with Gasteiger partial charge in [-0.2, -0.15) is 0 Å². The first-order chi connectivity index (χ1) is 15.4. The third-order valence-electron chi connectivity index (χ3n) is 4.78. The molecule has 0 fully saturated rings. The Labute approximate surface area is 174 Å². The van der Waals surface area contributed by atoms with Gasteiger partial charge in [-0.3, -0.25) is 0 Å². The lowest BCUT2D eigenvalue weighted by Crippen LogP contribution is -2.19. The number of aromatic amines is 1. The molecule has 0 saturated heterocycles. The number of pyridine rings is 1. The molecule has 5 aromatic rings. The maximum Gasteiger partial charge on any atom is 0.323 e. The average molecular weight is 401 g/mol. The van der Waals surface area contributed by atoms with Crippen molar-refractivity contribution in [3.8, 4) is 0 Å². The number of hydrogen-bond acceptors (Lipinski definition) is 2. The molecular formula is C23H18FN5O. The molecule has 0 bridgehead atoms. The molecule has 0 atom stereocenters. The maximum absolute atomic E-state index is 13.1. The van der Waals surface area contributed by atoms with E-state index in [4.69, 9.17) is 2.74 Å². The van der Waals surface area contributed by atoms with E-state index < -0.39 is 12.5 Å². The van der Waals surface area contributed by atoms with Crippen molar-refractivity contribution in [2.24, 2.45) is 0 Å². The fourth-order valence-electron chi connectivity index (χ4n) is 3.38. The Bertz CT molecular complexity index is 1440. The van der Waals surface area contributed by atoms with E-state index in [1.807, 2.05) is 0 Å². The summed E-state index contributed by atoms with van der Waals surface area (Å²) in [6.07, 6.45) is 4.96. The molecule has 7 heteroatoms. The summed E-state index contributed by atoms with van der Waals surface area (Å²) in [6, 6.07) is 15.5. The standard InChI is InChI=1S/C23H18FN5O/c24-16-4-6-17(7-5-16)27-23(30)28-20-2-1-3-21-19(20)10-13-29(21)14-15-8-11-25-22-18(15)9-12-26-22/h1-13H,14H2,(H,25,26)(H2,27,28,30)/i14D2. The number of fused-ring (bicyclic) bond motifs is 2. The lowest BCUT2D eigenvalue weighted by atomic mass is 10.2. The Morgan fingerprint density at radius 2 is 1.93 bits per heavy atom. The van der Waals surface area contributed by atoms with Gasteiger partial charge in [-0.15, -0.1) is 0 Å². The Morgan fingerprint density at radius 3 is 2.80 bits per heavy atom. The van der Waals surface area contributed by atoms with Gasteiger partial charge < -0.3 is 20.2 Å². The molecule has 5 rings (SSSR count). The van der Waals surface area contributed by atoms with Crippen LogP contribution in [0.2, 0.25) is 0 Å². The summed E-state index contributed by atoms with van der Waals surface area (Å²) in [5, 5.41) is 6.82. The van der Waals surface area contributed by atoms with Crippen LogP contribution in [0.25, 0.3) is 21.9 Å². The summed E-state index contributed by atoms with van der Waals surface area (Å²) in [5.41, 5.74) is 2.70. The van der Waals surface area contributed by atoms with Gasteiger partial charge in [0.2, 0.25) is 0 Å². The van der Waals surface area contributed by atoms with E-state index in [-0.39, 0.29) is 5.82 Å². The maximum atomic E-state index is 13.1. The number of urea groups is 1. The number of halogens is 1. The summed E-state index contributed by atoms with van der Waals surface area (Å²) in [4.78, 5) is 19.7. The average Bonchev–Trinajstić information content (AvgIpc) is 3.43. The molecule has 0 saturated carbocycles. The fraction of sp³-hybridized carbons (Fsp3) is 0.0435. The van der Waals surface area contributed by atoms with E-state index in [9.17, 15) is 9.18 Å². The number of carbonyl (C=O) groups excluding carboxylic acids is 1. The first kappa shape index (κ1) is 15.8. The van der Waals surface area contributed by atoms with Gasteiger partial charge >= 0.3 is 6.03 Å². The molecule has 148 valence electrons. The molecule has 30 heavy (non-hydrogen) atoms. The van der Waals surface area contributed by atoms with Crippen molar-refractivity contribution in [2.75, 3.05) is 10.6 Å². The quantitative estimate of drug-likeness (QED) is 0.380. The van der Waals surface area contributed by atoms with Crippen LogP contribution in [0.5, 0.6) is 0 Å². The van der Waals surface area contributed by atoms with Crippen molar-refractivity contribution in [3.63, 3.8) is 0 Å². The highest BCUT2D eigenvalue weighted by molar-refractivity contribution is 6.05. The smallest absolute Gasteiger partial charge is 0.323 e. The van der Waals surface area contributed by atoms with Gasteiger partial charge in [0.1, 0.15) is 11.5 Å². The topological polar surface area (TPSA) is 74.7 Å². The fourth-order valence-corrected chi connectivity index (χ4v) is 3.38. The molecule has 3 N–H and O–H groups in total. The minimum Gasteiger partial charge on any atom is -0.346 e. The van der Waals surface area contributed by atoms with Crippen LogP contribution in [0.3, 0.4) is 0 Å². The van der Waals surface area contributed by atoms with Crippen LogP contribution < -0.4 is 10.6 Å². The zero-order valence-corrected chi connectivity index (χ0v) is 15.7. The van der Waals surface area contributed by atoms with Crippen LogP contribution >= 0.6 is 0 Å². The predicted octanol–water partition coefficient (Wildman–Crippen LogP) is 5.35. The summed E-state index contributed by atoms with van der Waals surface area (Å²) < 4.78 is 32.3. The Hall–Kier alpha value is -4.13. The number of anilines is 2. The molecule has 0 aliphatic carbocycles. The van der Waals surface area contributed by atoms with E-state index in [0.717, 1.165) is 0 Å². The van der Waals surface area contributed by atoms with Crippen molar-refractivity contribution < 1.29 is 11.9 Å². The van der Waals surface area contributed by atoms with Gasteiger partial charge in [-0.1, -0.05) is 6.07 Å². The molecule has 0 spiro atoms. The third-order valence-corrected chi connectivity index (χ3v) is 4.78. The van der Waals surface area contributed by atoms with Crippen molar-refractivity contribution in [3.05, 3.63) is 90.6 Å². The van der Waals surface area contributed by atoms with Crippen LogP contribution in [0.15, 0.2) is 79.3 Å². The molecule has 2 aromatic carbocycles. The van der Waals surface area contributed by atoms with Gasteiger partial charge in [0.05, 0.1) is 13.9 Å². The second-order valence-electron chi connectivity index (χ2n) is 6.72. The minimum absolute atomic E-state index is 0.387. The van der Waals surface area contributed by atoms with Crippen LogP contribution in [0.4, 0.5) is 20.6 Å². The van der Waals surface area contributed by atoms with Gasteiger partial charge in [-0.25, -0.2) is 14.2 Å². The van der Waals surface area contributed by atoms with Gasteiger partial charge in [0.25, 0.3) is 0 Å². The lowest BCUT2D eigenvalue weighted by molar-refractivity contribution is 0.262. The first-order valence-corrected chi connectivity index (χ1v) is 9.30. The summed E-state index contributed by atoms with van der Waals surface area (Å²) in [5.74, 6) is -0.387. The second-order valence-corrected chi connectivity index (χ2v) is 6.72. The van der Waals surface area contributed by atoms with E-state index in [2.05, 4.69) is 20.6 Å². The number of aromatic nitrogens is 3. The van der Waals surface area contributed by atoms with Gasteiger partial charge in [0.15, 0.2) is 0 Å². The molecule has 3 heterocycles. The van der Waals surface area contributed by atoms with Gasteiger partial charge in [-0.05, 0) is 60.2 Å². The zero-order chi connectivity index (χ0) is 22.3. The summed E-state index contributed by atoms with van der Waals surface area (Å²) in [7, 11) is 0. The van der Waals surface area contributed by atoms with E-state index in [1.54, 1.807) is 55.0 Å². The largest absolute Gasteiger partial charge is 0.346 e. The Kier molecular flexibility index (Phi) is 3.87. The zero-order valence-electron chi connectivity index (χ0n) is 17.7. The van der Waals surface area contributed by atoms with Gasteiger partial charge in [0, 0.05) is 41.5 Å². The molecule has 0 aliphatic rings. The monoisotopic (exact) mass is 401 g/mol. The normalized spacial score (nSPS) is 12.6. The second kappa shape index (κ2) is 7.36. The number of H-pyrrole nitrogens is 1. The number of benzene rings is 2. The predicted molar refractivity (Wildman–Crippen MR) is 116 cm³/mol. The van der Waals surface area contributed by atoms with Crippen molar-refractivity contribution in [2.45, 2.75) is 6.50 Å². The number of nitrogens with one attached hydrogen (secondary N) is 3. The third kappa shape index (κ3) is 3.37. The van der Waals surface area contributed by atoms with E-state index in [0.29, 0.717) is 38.9 Å². The highest BCUT2D eigenvalue weighted by Crippen LogP contribution is 2.26. The van der Waals surface area contributed by atoms with E-state index >= 15 is 0 Å². The summed E-state index contributed by atoms with van der Waals surface area (Å²) in [6.45, 7) is -1.86. The van der Waals surface area contributed by atoms with Crippen molar-refractivity contribution in [1.82, 2.24) is 14.5 Å². The van der Waals surface area contributed by atoms with E-state index in [1.165, 1.54) is 28.8 Å². The Balaban J connectivity index is 1.48. The Morgan fingerprint density at radius 1 is 1.07 bits per heavy atom.